The van der Waals surface area contributed by atoms with E-state index in [9.17, 15) is 0 Å². The molecular formula is C10H18O2. The van der Waals surface area contributed by atoms with Crippen LogP contribution < -0.4 is 0 Å². The summed E-state index contributed by atoms with van der Waals surface area (Å²) in [4.78, 5) is 0. The molecule has 0 aromatic rings. The van der Waals surface area contributed by atoms with Gasteiger partial charge < -0.3 is 9.47 Å². The van der Waals surface area contributed by atoms with Crippen LogP contribution in [0.4, 0.5) is 0 Å². The molecule has 0 aliphatic carbocycles. The van der Waals surface area contributed by atoms with E-state index < -0.39 is 0 Å². The lowest BCUT2D eigenvalue weighted by atomic mass is 10.1. The third-order valence-electron chi connectivity index (χ3n) is 1.90. The van der Waals surface area contributed by atoms with E-state index >= 15 is 0 Å². The Morgan fingerprint density at radius 2 is 2.00 bits per heavy atom. The van der Waals surface area contributed by atoms with E-state index in [4.69, 9.17) is 9.47 Å². The highest BCUT2D eigenvalue weighted by Crippen LogP contribution is 2.16. The Morgan fingerprint density at radius 1 is 1.42 bits per heavy atom. The summed E-state index contributed by atoms with van der Waals surface area (Å²) in [6.07, 6.45) is 2.88. The van der Waals surface area contributed by atoms with Crippen LogP contribution in [0.2, 0.25) is 0 Å². The Balaban J connectivity index is 4.31. The lowest BCUT2D eigenvalue weighted by Crippen LogP contribution is -2.00. The van der Waals surface area contributed by atoms with E-state index in [1.807, 2.05) is 6.08 Å². The second kappa shape index (κ2) is 5.70. The first-order valence-electron chi connectivity index (χ1n) is 4.14. The Morgan fingerprint density at radius 3 is 2.33 bits per heavy atom. The summed E-state index contributed by atoms with van der Waals surface area (Å²) in [7, 11) is 3.27. The van der Waals surface area contributed by atoms with Crippen molar-refractivity contribution < 1.29 is 9.47 Å². The molecule has 0 aliphatic heterocycles. The Kier molecular flexibility index (Phi) is 5.26. The molecule has 0 saturated heterocycles. The third kappa shape index (κ3) is 3.46. The molecule has 12 heavy (non-hydrogen) atoms. The van der Waals surface area contributed by atoms with Gasteiger partial charge in [0.1, 0.15) is 11.5 Å². The summed E-state index contributed by atoms with van der Waals surface area (Å²) in [6, 6.07) is 0. The maximum atomic E-state index is 5.20. The maximum absolute atomic E-state index is 5.20. The molecule has 0 radical (unpaired) electrons. The number of hydrogen-bond donors (Lipinski definition) is 0. The zero-order chi connectivity index (χ0) is 9.56. The highest BCUT2D eigenvalue weighted by Gasteiger charge is 2.06. The van der Waals surface area contributed by atoms with Crippen LogP contribution in [-0.4, -0.2) is 14.2 Å². The molecule has 0 aliphatic rings. The van der Waals surface area contributed by atoms with Crippen LogP contribution in [0.3, 0.4) is 0 Å². The largest absolute Gasteiger partial charge is 0.501 e. The summed E-state index contributed by atoms with van der Waals surface area (Å²) in [5.74, 6) is 1.97. The molecule has 0 aromatic heterocycles. The van der Waals surface area contributed by atoms with Crippen molar-refractivity contribution in [3.63, 3.8) is 0 Å². The van der Waals surface area contributed by atoms with E-state index in [1.54, 1.807) is 14.2 Å². The van der Waals surface area contributed by atoms with Gasteiger partial charge in [0, 0.05) is 12.0 Å². The average Bonchev–Trinajstić information content (AvgIpc) is 2.12. The zero-order valence-electron chi connectivity index (χ0n) is 8.39. The first kappa shape index (κ1) is 11.1. The second-order valence-corrected chi connectivity index (χ2v) is 2.73. The zero-order valence-corrected chi connectivity index (χ0v) is 8.39. The van der Waals surface area contributed by atoms with Gasteiger partial charge in [0.25, 0.3) is 0 Å². The second-order valence-electron chi connectivity index (χ2n) is 2.73. The molecule has 0 fully saturated rings. The Bertz CT molecular complexity index is 171. The van der Waals surface area contributed by atoms with Crippen molar-refractivity contribution in [3.05, 3.63) is 24.2 Å². The van der Waals surface area contributed by atoms with Crippen LogP contribution in [0.5, 0.6) is 0 Å². The van der Waals surface area contributed by atoms with Gasteiger partial charge in [-0.25, -0.2) is 0 Å². The molecule has 0 saturated carbocycles. The van der Waals surface area contributed by atoms with E-state index in [0.717, 1.165) is 12.2 Å². The molecule has 0 amide bonds. The first-order valence-corrected chi connectivity index (χ1v) is 4.14. The quantitative estimate of drug-likeness (QED) is 0.466. The van der Waals surface area contributed by atoms with Crippen LogP contribution in [-0.2, 0) is 9.47 Å². The van der Waals surface area contributed by atoms with Gasteiger partial charge in [-0.2, -0.15) is 0 Å². The fraction of sp³-hybridized carbons (Fsp3) is 0.600. The molecule has 0 heterocycles. The topological polar surface area (TPSA) is 18.5 Å². The van der Waals surface area contributed by atoms with Gasteiger partial charge in [-0.05, 0) is 6.42 Å². The predicted octanol–water partition coefficient (Wildman–Crippen LogP) is 2.72. The number of hydrogen-bond acceptors (Lipinski definition) is 2. The van der Waals surface area contributed by atoms with Crippen molar-refractivity contribution in [1.29, 1.82) is 0 Å². The van der Waals surface area contributed by atoms with E-state index in [0.29, 0.717) is 11.7 Å². The van der Waals surface area contributed by atoms with Gasteiger partial charge in [-0.1, -0.05) is 20.4 Å². The van der Waals surface area contributed by atoms with Crippen molar-refractivity contribution in [2.45, 2.75) is 20.3 Å². The molecule has 0 spiro atoms. The van der Waals surface area contributed by atoms with E-state index in [2.05, 4.69) is 20.4 Å². The molecule has 70 valence electrons. The highest BCUT2D eigenvalue weighted by molar-refractivity contribution is 5.13. The van der Waals surface area contributed by atoms with Gasteiger partial charge >= 0.3 is 0 Å². The first-order chi connectivity index (χ1) is 5.65. The molecule has 0 rings (SSSR count). The SMILES string of the molecule is C=C(C=C(OC)C(C)CC)OC. The highest BCUT2D eigenvalue weighted by atomic mass is 16.5. The van der Waals surface area contributed by atoms with Crippen molar-refractivity contribution in [2.75, 3.05) is 14.2 Å². The lowest BCUT2D eigenvalue weighted by molar-refractivity contribution is 0.237. The Labute approximate surface area is 74.9 Å². The molecule has 0 N–H and O–H groups in total. The molecular weight excluding hydrogens is 152 g/mol. The van der Waals surface area contributed by atoms with Crippen molar-refractivity contribution in [2.24, 2.45) is 5.92 Å². The smallest absolute Gasteiger partial charge is 0.115 e. The summed E-state index contributed by atoms with van der Waals surface area (Å²) in [6.45, 7) is 7.93. The number of allylic oxidation sites excluding steroid dienone is 2. The van der Waals surface area contributed by atoms with Crippen molar-refractivity contribution in [1.82, 2.24) is 0 Å². The van der Waals surface area contributed by atoms with Crippen LogP contribution in [0.15, 0.2) is 24.2 Å². The molecule has 1 atom stereocenters. The third-order valence-corrected chi connectivity index (χ3v) is 1.90. The van der Waals surface area contributed by atoms with Crippen LogP contribution in [0, 0.1) is 5.92 Å². The van der Waals surface area contributed by atoms with Gasteiger partial charge in [0.15, 0.2) is 0 Å². The number of methoxy groups -OCH3 is 2. The molecule has 1 unspecified atom stereocenters. The number of ether oxygens (including phenoxy) is 2. The maximum Gasteiger partial charge on any atom is 0.115 e. The molecule has 2 nitrogen and oxygen atoms in total. The molecule has 0 bridgehead atoms. The summed E-state index contributed by atoms with van der Waals surface area (Å²) in [5.41, 5.74) is 0. The summed E-state index contributed by atoms with van der Waals surface area (Å²) >= 11 is 0. The predicted molar refractivity (Wildman–Crippen MR) is 50.7 cm³/mol. The molecule has 0 aromatic carbocycles. The van der Waals surface area contributed by atoms with Gasteiger partial charge in [-0.15, -0.1) is 0 Å². The standard InChI is InChI=1S/C10H18O2/c1-6-8(2)10(12-5)7-9(3)11-4/h7-8H,3,6H2,1-2,4-5H3. The van der Waals surface area contributed by atoms with E-state index in [-0.39, 0.29) is 0 Å². The van der Waals surface area contributed by atoms with Crippen LogP contribution >= 0.6 is 0 Å². The minimum Gasteiger partial charge on any atom is -0.501 e. The molecule has 2 heteroatoms. The minimum atomic E-state index is 0.418. The fourth-order valence-electron chi connectivity index (χ4n) is 0.821. The monoisotopic (exact) mass is 170 g/mol. The summed E-state index contributed by atoms with van der Waals surface area (Å²) in [5, 5.41) is 0. The van der Waals surface area contributed by atoms with E-state index in [1.165, 1.54) is 0 Å². The van der Waals surface area contributed by atoms with Gasteiger partial charge in [0.2, 0.25) is 0 Å². The normalized spacial score (nSPS) is 13.8. The lowest BCUT2D eigenvalue weighted by Gasteiger charge is -2.12. The Hall–Kier alpha value is -0.920. The fourth-order valence-corrected chi connectivity index (χ4v) is 0.821. The average molecular weight is 170 g/mol. The minimum absolute atomic E-state index is 0.418. The van der Waals surface area contributed by atoms with Crippen molar-refractivity contribution in [3.8, 4) is 0 Å². The van der Waals surface area contributed by atoms with Crippen LogP contribution in [0.1, 0.15) is 20.3 Å². The van der Waals surface area contributed by atoms with Crippen LogP contribution in [0.25, 0.3) is 0 Å². The van der Waals surface area contributed by atoms with Crippen molar-refractivity contribution >= 4 is 0 Å². The summed E-state index contributed by atoms with van der Waals surface area (Å²) < 4.78 is 10.1. The van der Waals surface area contributed by atoms with Gasteiger partial charge in [0.05, 0.1) is 14.2 Å². The van der Waals surface area contributed by atoms with Gasteiger partial charge in [-0.3, -0.25) is 0 Å². The number of rotatable bonds is 5.